The third-order valence-electron chi connectivity index (χ3n) is 4.96. The first-order valence-electron chi connectivity index (χ1n) is 9.71. The first-order valence-corrected chi connectivity index (χ1v) is 9.71. The van der Waals surface area contributed by atoms with E-state index < -0.39 is 28.9 Å². The van der Waals surface area contributed by atoms with Crippen molar-refractivity contribution in [1.29, 1.82) is 0 Å². The Labute approximate surface area is 178 Å². The Morgan fingerprint density at radius 2 is 1.81 bits per heavy atom. The molecule has 10 heteroatoms. The molecule has 0 spiro atoms. The van der Waals surface area contributed by atoms with Crippen LogP contribution in [-0.4, -0.2) is 46.9 Å². The maximum atomic E-state index is 13.3. The van der Waals surface area contributed by atoms with Crippen molar-refractivity contribution in [3.05, 3.63) is 70.3 Å². The van der Waals surface area contributed by atoms with Crippen LogP contribution < -0.4 is 10.6 Å². The fourth-order valence-electron chi connectivity index (χ4n) is 3.42. The number of rotatable bonds is 6. The number of nitrogens with two attached hydrogens (primary N) is 1. The summed E-state index contributed by atoms with van der Waals surface area (Å²) >= 11 is 0. The van der Waals surface area contributed by atoms with Crippen molar-refractivity contribution in [2.45, 2.75) is 25.5 Å². The normalized spacial score (nSPS) is 15.4. The zero-order valence-corrected chi connectivity index (χ0v) is 16.7. The van der Waals surface area contributed by atoms with Crippen molar-refractivity contribution in [2.24, 2.45) is 5.73 Å². The maximum Gasteiger partial charge on any atom is 0.421 e. The highest BCUT2D eigenvalue weighted by Crippen LogP contribution is 2.26. The van der Waals surface area contributed by atoms with E-state index in [1.165, 1.54) is 29.2 Å². The number of hydrogen-bond donors (Lipinski definition) is 1. The Morgan fingerprint density at radius 3 is 2.42 bits per heavy atom. The Hall–Kier alpha value is -3.79. The Kier molecular flexibility index (Phi) is 6.93. The van der Waals surface area contributed by atoms with Gasteiger partial charge in [-0.3, -0.25) is 19.7 Å². The maximum absolute atomic E-state index is 13.3. The summed E-state index contributed by atoms with van der Waals surface area (Å²) in [6.45, 7) is 0.0475. The predicted octanol–water partition coefficient (Wildman–Crippen LogP) is 2.21. The highest BCUT2D eigenvalue weighted by Gasteiger charge is 2.39. The Morgan fingerprint density at radius 1 is 1.13 bits per heavy atom. The molecule has 1 atom stereocenters. The summed E-state index contributed by atoms with van der Waals surface area (Å²) in [6.07, 6.45) is 0.0322. The molecule has 2 N–H and O–H groups in total. The SMILES string of the molecule is NCC(=O)N1CCC[C@H]1C(=O)N(C(=O)OCc1ccccc1)c1ccc([N+](=O)[O-])cc1. The lowest BCUT2D eigenvalue weighted by Crippen LogP contribution is -2.51. The number of nitro groups is 1. The van der Waals surface area contributed by atoms with Crippen LogP contribution >= 0.6 is 0 Å². The topological polar surface area (TPSA) is 136 Å². The minimum absolute atomic E-state index is 0.0630. The number of benzene rings is 2. The second kappa shape index (κ2) is 9.81. The number of carbonyl (C=O) groups excluding carboxylic acids is 3. The van der Waals surface area contributed by atoms with Gasteiger partial charge in [0.1, 0.15) is 12.6 Å². The molecule has 0 aliphatic carbocycles. The first kappa shape index (κ1) is 21.9. The van der Waals surface area contributed by atoms with E-state index in [9.17, 15) is 24.5 Å². The lowest BCUT2D eigenvalue weighted by atomic mass is 10.1. The number of ether oxygens (including phenoxy) is 1. The molecule has 2 aromatic rings. The molecular formula is C21H22N4O6. The quantitative estimate of drug-likeness (QED) is 0.552. The predicted molar refractivity (Wildman–Crippen MR) is 111 cm³/mol. The minimum atomic E-state index is -0.935. The average Bonchev–Trinajstić information content (AvgIpc) is 3.28. The van der Waals surface area contributed by atoms with Crippen LogP contribution in [0.1, 0.15) is 18.4 Å². The van der Waals surface area contributed by atoms with Crippen LogP contribution in [0.15, 0.2) is 54.6 Å². The van der Waals surface area contributed by atoms with Crippen LogP contribution in [0.4, 0.5) is 16.2 Å². The van der Waals surface area contributed by atoms with Gasteiger partial charge in [-0.2, -0.15) is 0 Å². The van der Waals surface area contributed by atoms with Gasteiger partial charge in [-0.25, -0.2) is 9.69 Å². The number of hydrogen-bond acceptors (Lipinski definition) is 7. The Balaban J connectivity index is 1.87. The van der Waals surface area contributed by atoms with E-state index in [4.69, 9.17) is 10.5 Å². The van der Waals surface area contributed by atoms with Crippen molar-refractivity contribution in [3.63, 3.8) is 0 Å². The molecule has 3 amide bonds. The van der Waals surface area contributed by atoms with E-state index in [2.05, 4.69) is 0 Å². The lowest BCUT2D eigenvalue weighted by molar-refractivity contribution is -0.384. The van der Waals surface area contributed by atoms with E-state index >= 15 is 0 Å². The summed E-state index contributed by atoms with van der Waals surface area (Å²) in [7, 11) is 0. The summed E-state index contributed by atoms with van der Waals surface area (Å²) in [5.41, 5.74) is 6.10. The van der Waals surface area contributed by atoms with Crippen LogP contribution in [0.25, 0.3) is 0 Å². The third-order valence-corrected chi connectivity index (χ3v) is 4.96. The second-order valence-electron chi connectivity index (χ2n) is 6.94. The molecule has 1 saturated heterocycles. The van der Waals surface area contributed by atoms with E-state index in [0.29, 0.717) is 19.4 Å². The largest absolute Gasteiger partial charge is 0.444 e. The fourth-order valence-corrected chi connectivity index (χ4v) is 3.42. The van der Waals surface area contributed by atoms with Crippen LogP contribution in [0.3, 0.4) is 0 Å². The lowest BCUT2D eigenvalue weighted by Gasteiger charge is -2.28. The number of amides is 3. The summed E-state index contributed by atoms with van der Waals surface area (Å²) in [4.78, 5) is 50.9. The fraction of sp³-hybridized carbons (Fsp3) is 0.286. The van der Waals surface area contributed by atoms with Crippen molar-refractivity contribution in [2.75, 3.05) is 18.0 Å². The first-order chi connectivity index (χ1) is 14.9. The van der Waals surface area contributed by atoms with Gasteiger partial charge >= 0.3 is 6.09 Å². The van der Waals surface area contributed by atoms with E-state index in [0.717, 1.165) is 10.5 Å². The van der Waals surface area contributed by atoms with Crippen LogP contribution in [0, 0.1) is 10.1 Å². The molecule has 1 heterocycles. The number of imide groups is 1. The standard InChI is InChI=1S/C21H22N4O6/c22-13-19(26)23-12-4-7-18(23)20(27)24(16-8-10-17(11-9-16)25(29)30)21(28)31-14-15-5-2-1-3-6-15/h1-3,5-6,8-11,18H,4,7,12-14,22H2/t18-/m0/s1. The van der Waals surface area contributed by atoms with Crippen LogP contribution in [-0.2, 0) is 20.9 Å². The van der Waals surface area contributed by atoms with Gasteiger partial charge in [0.05, 0.1) is 17.2 Å². The Bertz CT molecular complexity index is 964. The number of carbonyl (C=O) groups is 3. The highest BCUT2D eigenvalue weighted by atomic mass is 16.6. The number of nitro benzene ring substituents is 1. The van der Waals surface area contributed by atoms with Crippen molar-refractivity contribution in [1.82, 2.24) is 4.90 Å². The van der Waals surface area contributed by atoms with E-state index in [1.54, 1.807) is 24.3 Å². The molecule has 1 aliphatic rings. The summed E-state index contributed by atoms with van der Waals surface area (Å²) in [5, 5.41) is 10.9. The zero-order valence-electron chi connectivity index (χ0n) is 16.7. The molecule has 10 nitrogen and oxygen atoms in total. The van der Waals surface area contributed by atoms with Crippen LogP contribution in [0.5, 0.6) is 0 Å². The number of nitrogens with zero attached hydrogens (tertiary/aromatic N) is 3. The molecule has 2 aromatic carbocycles. The van der Waals surface area contributed by atoms with Crippen molar-refractivity contribution < 1.29 is 24.0 Å². The molecule has 162 valence electrons. The molecule has 0 bridgehead atoms. The van der Waals surface area contributed by atoms with Gasteiger partial charge in [0.25, 0.3) is 11.6 Å². The van der Waals surface area contributed by atoms with Crippen LogP contribution in [0.2, 0.25) is 0 Å². The van der Waals surface area contributed by atoms with Gasteiger partial charge in [-0.1, -0.05) is 30.3 Å². The van der Waals surface area contributed by atoms with Crippen molar-refractivity contribution >= 4 is 29.3 Å². The van der Waals surface area contributed by atoms with Gasteiger partial charge < -0.3 is 15.4 Å². The van der Waals surface area contributed by atoms with E-state index in [-0.39, 0.29) is 24.5 Å². The molecular weight excluding hydrogens is 404 g/mol. The second-order valence-corrected chi connectivity index (χ2v) is 6.94. The summed E-state index contributed by atoms with van der Waals surface area (Å²) < 4.78 is 5.33. The van der Waals surface area contributed by atoms with Gasteiger partial charge in [-0.15, -0.1) is 0 Å². The molecule has 1 fully saturated rings. The van der Waals surface area contributed by atoms with Gasteiger partial charge in [0.2, 0.25) is 5.91 Å². The number of likely N-dealkylation sites (tertiary alicyclic amines) is 1. The highest BCUT2D eigenvalue weighted by molar-refractivity contribution is 6.15. The molecule has 0 saturated carbocycles. The van der Waals surface area contributed by atoms with E-state index in [1.807, 2.05) is 6.07 Å². The average molecular weight is 426 g/mol. The minimum Gasteiger partial charge on any atom is -0.444 e. The van der Waals surface area contributed by atoms with Gasteiger partial charge in [-0.05, 0) is 30.5 Å². The molecule has 1 aliphatic heterocycles. The molecule has 0 aromatic heterocycles. The summed E-state index contributed by atoms with van der Waals surface area (Å²) in [5.74, 6) is -1.04. The molecule has 3 rings (SSSR count). The third kappa shape index (κ3) is 5.04. The smallest absolute Gasteiger partial charge is 0.421 e. The number of non-ortho nitro benzene ring substituents is 1. The summed E-state index contributed by atoms with van der Waals surface area (Å²) in [6, 6.07) is 13.0. The molecule has 31 heavy (non-hydrogen) atoms. The zero-order chi connectivity index (χ0) is 22.4. The van der Waals surface area contributed by atoms with Gasteiger partial charge in [0.15, 0.2) is 0 Å². The number of anilines is 1. The van der Waals surface area contributed by atoms with Crippen molar-refractivity contribution in [3.8, 4) is 0 Å². The molecule has 0 unspecified atom stereocenters. The van der Waals surface area contributed by atoms with Gasteiger partial charge in [0, 0.05) is 18.7 Å². The monoisotopic (exact) mass is 426 g/mol. The molecule has 0 radical (unpaired) electrons.